The Morgan fingerprint density at radius 3 is 2.79 bits per heavy atom. The number of nitrogen functional groups attached to an aromatic ring is 1. The number of hydrogen-bond acceptors (Lipinski definition) is 3. The number of allylic oxidation sites excluding steroid dienone is 1. The van der Waals surface area contributed by atoms with Crippen LogP contribution in [0.4, 0.5) is 5.69 Å². The highest BCUT2D eigenvalue weighted by atomic mass is 14.8. The summed E-state index contributed by atoms with van der Waals surface area (Å²) in [5.74, 6) is 0.525. The molecule has 0 bridgehead atoms. The molecule has 0 radical (unpaired) electrons. The Balaban J connectivity index is 2.63. The van der Waals surface area contributed by atoms with Crippen molar-refractivity contribution in [2.24, 2.45) is 15.7 Å². The number of nitrogens with zero attached hydrogens (tertiary/aromatic N) is 2. The van der Waals surface area contributed by atoms with Gasteiger partial charge in [-0.15, -0.1) is 0 Å². The van der Waals surface area contributed by atoms with Crippen molar-refractivity contribution in [3.63, 3.8) is 0 Å². The molecule has 0 unspecified atom stereocenters. The van der Waals surface area contributed by atoms with Gasteiger partial charge in [0.05, 0.1) is 0 Å². The molecule has 19 heavy (non-hydrogen) atoms. The van der Waals surface area contributed by atoms with Gasteiger partial charge < -0.3 is 11.5 Å². The van der Waals surface area contributed by atoms with Crippen LogP contribution in [0.2, 0.25) is 0 Å². The summed E-state index contributed by atoms with van der Waals surface area (Å²) < 4.78 is 0. The molecule has 4 nitrogen and oxygen atoms in total. The van der Waals surface area contributed by atoms with E-state index in [0.717, 1.165) is 18.4 Å². The average Bonchev–Trinajstić information content (AvgIpc) is 2.39. The Bertz CT molecular complexity index is 487. The summed E-state index contributed by atoms with van der Waals surface area (Å²) in [6, 6.07) is 7.44. The fraction of sp³-hybridized carbons (Fsp3) is 0.333. The van der Waals surface area contributed by atoms with Crippen LogP contribution in [0.1, 0.15) is 25.3 Å². The smallest absolute Gasteiger partial charge is 0.125 e. The molecule has 0 saturated carbocycles. The summed E-state index contributed by atoms with van der Waals surface area (Å²) in [6.07, 6.45) is 5.86. The Hall–Kier alpha value is -2.10. The average molecular weight is 258 g/mol. The number of rotatable bonds is 6. The van der Waals surface area contributed by atoms with Crippen LogP contribution in [0.3, 0.4) is 0 Å². The number of benzene rings is 1. The zero-order chi connectivity index (χ0) is 14.1. The van der Waals surface area contributed by atoms with Gasteiger partial charge in [-0.3, -0.25) is 9.98 Å². The molecular weight excluding hydrogens is 236 g/mol. The fourth-order valence-corrected chi connectivity index (χ4v) is 1.74. The molecule has 0 saturated heterocycles. The molecule has 1 aromatic carbocycles. The van der Waals surface area contributed by atoms with E-state index in [9.17, 15) is 0 Å². The van der Waals surface area contributed by atoms with E-state index in [0.29, 0.717) is 18.1 Å². The molecule has 4 heteroatoms. The highest BCUT2D eigenvalue weighted by molar-refractivity contribution is 5.98. The van der Waals surface area contributed by atoms with Crippen molar-refractivity contribution in [1.29, 1.82) is 0 Å². The molecule has 0 aliphatic heterocycles. The first kappa shape index (κ1) is 15.0. The second-order valence-electron chi connectivity index (χ2n) is 4.22. The molecule has 0 aromatic heterocycles. The minimum Gasteiger partial charge on any atom is -0.399 e. The van der Waals surface area contributed by atoms with Crippen LogP contribution in [0.5, 0.6) is 0 Å². The van der Waals surface area contributed by atoms with E-state index in [4.69, 9.17) is 11.5 Å². The summed E-state index contributed by atoms with van der Waals surface area (Å²) in [7, 11) is 1.77. The van der Waals surface area contributed by atoms with Crippen molar-refractivity contribution < 1.29 is 0 Å². The van der Waals surface area contributed by atoms with Crippen molar-refractivity contribution in [3.05, 3.63) is 41.5 Å². The highest BCUT2D eigenvalue weighted by Gasteiger charge is 1.98. The molecule has 1 rings (SSSR count). The second-order valence-corrected chi connectivity index (χ2v) is 4.22. The number of nitrogens with two attached hydrogens (primary N) is 2. The first-order valence-corrected chi connectivity index (χ1v) is 6.44. The summed E-state index contributed by atoms with van der Waals surface area (Å²) in [5, 5.41) is 0. The molecule has 0 aliphatic rings. The van der Waals surface area contributed by atoms with Crippen molar-refractivity contribution in [3.8, 4) is 0 Å². The highest BCUT2D eigenvalue weighted by Crippen LogP contribution is 2.07. The van der Waals surface area contributed by atoms with Gasteiger partial charge in [0.15, 0.2) is 0 Å². The van der Waals surface area contributed by atoms with Crippen LogP contribution in [0, 0.1) is 0 Å². The maximum absolute atomic E-state index is 5.94. The van der Waals surface area contributed by atoms with Gasteiger partial charge in [-0.05, 0) is 30.5 Å². The van der Waals surface area contributed by atoms with Crippen LogP contribution in [-0.4, -0.2) is 25.6 Å². The minimum absolute atomic E-state index is 0.525. The van der Waals surface area contributed by atoms with Gasteiger partial charge in [0, 0.05) is 31.1 Å². The lowest BCUT2D eigenvalue weighted by atomic mass is 10.1. The monoisotopic (exact) mass is 258 g/mol. The predicted molar refractivity (Wildman–Crippen MR) is 83.9 cm³/mol. The van der Waals surface area contributed by atoms with Gasteiger partial charge in [0.1, 0.15) is 5.84 Å². The lowest BCUT2D eigenvalue weighted by Gasteiger charge is -2.03. The maximum atomic E-state index is 5.94. The van der Waals surface area contributed by atoms with Crippen molar-refractivity contribution >= 4 is 17.7 Å². The van der Waals surface area contributed by atoms with Crippen LogP contribution in [-0.2, 0) is 0 Å². The molecule has 0 amide bonds. The van der Waals surface area contributed by atoms with E-state index >= 15 is 0 Å². The van der Waals surface area contributed by atoms with Crippen molar-refractivity contribution in [2.75, 3.05) is 19.3 Å². The van der Waals surface area contributed by atoms with E-state index in [-0.39, 0.29) is 0 Å². The van der Waals surface area contributed by atoms with Crippen LogP contribution in [0.15, 0.2) is 45.9 Å². The summed E-state index contributed by atoms with van der Waals surface area (Å²) >= 11 is 0. The second kappa shape index (κ2) is 8.08. The van der Waals surface area contributed by atoms with Gasteiger partial charge in [0.25, 0.3) is 0 Å². The van der Waals surface area contributed by atoms with Crippen LogP contribution < -0.4 is 11.5 Å². The summed E-state index contributed by atoms with van der Waals surface area (Å²) in [6.45, 7) is 2.76. The van der Waals surface area contributed by atoms with E-state index in [2.05, 4.69) is 23.0 Å². The molecule has 0 heterocycles. The van der Waals surface area contributed by atoms with Gasteiger partial charge >= 0.3 is 0 Å². The number of amidine groups is 1. The van der Waals surface area contributed by atoms with Crippen molar-refractivity contribution in [1.82, 2.24) is 0 Å². The third-order valence-electron chi connectivity index (χ3n) is 2.63. The normalized spacial score (nSPS) is 13.2. The first-order valence-electron chi connectivity index (χ1n) is 6.44. The van der Waals surface area contributed by atoms with Crippen molar-refractivity contribution in [2.45, 2.75) is 19.8 Å². The molecule has 0 atom stereocenters. The SMILES string of the molecule is CC/C=C(\C=NC)CCN=C(N)c1cccc(N)c1. The van der Waals surface area contributed by atoms with E-state index in [1.807, 2.05) is 30.5 Å². The van der Waals surface area contributed by atoms with Crippen LogP contribution >= 0.6 is 0 Å². The zero-order valence-corrected chi connectivity index (χ0v) is 11.6. The summed E-state index contributed by atoms with van der Waals surface area (Å²) in [4.78, 5) is 8.41. The van der Waals surface area contributed by atoms with Gasteiger partial charge in [-0.1, -0.05) is 25.1 Å². The predicted octanol–water partition coefficient (Wildman–Crippen LogP) is 2.40. The third kappa shape index (κ3) is 5.38. The molecule has 102 valence electrons. The Labute approximate surface area is 114 Å². The van der Waals surface area contributed by atoms with Gasteiger partial charge in [0.2, 0.25) is 0 Å². The van der Waals surface area contributed by atoms with Gasteiger partial charge in [-0.25, -0.2) is 0 Å². The summed E-state index contributed by atoms with van der Waals surface area (Å²) in [5.41, 5.74) is 14.4. The van der Waals surface area contributed by atoms with Crippen LogP contribution in [0.25, 0.3) is 0 Å². The Kier molecular flexibility index (Phi) is 6.36. The van der Waals surface area contributed by atoms with Gasteiger partial charge in [-0.2, -0.15) is 0 Å². The first-order chi connectivity index (χ1) is 9.17. The largest absolute Gasteiger partial charge is 0.399 e. The third-order valence-corrected chi connectivity index (χ3v) is 2.63. The lowest BCUT2D eigenvalue weighted by Crippen LogP contribution is -2.14. The van der Waals surface area contributed by atoms with E-state index in [1.165, 1.54) is 5.57 Å². The molecule has 1 aromatic rings. The standard InChI is InChI=1S/C15H22N4/c1-3-5-12(11-18-2)8-9-19-15(17)13-6-4-7-14(16)10-13/h4-7,10-11H,3,8-9,16H2,1-2H3,(H2,17,19)/b12-5-,18-11?. The number of aliphatic imine (C=N–C) groups is 2. The maximum Gasteiger partial charge on any atom is 0.125 e. The lowest BCUT2D eigenvalue weighted by molar-refractivity contribution is 0.973. The molecular formula is C15H22N4. The van der Waals surface area contributed by atoms with E-state index in [1.54, 1.807) is 7.05 Å². The fourth-order valence-electron chi connectivity index (χ4n) is 1.74. The molecule has 0 aliphatic carbocycles. The number of anilines is 1. The Morgan fingerprint density at radius 1 is 1.37 bits per heavy atom. The quantitative estimate of drug-likeness (QED) is 0.467. The topological polar surface area (TPSA) is 76.8 Å². The molecule has 0 fully saturated rings. The minimum atomic E-state index is 0.525. The molecule has 0 spiro atoms. The Morgan fingerprint density at radius 2 is 2.16 bits per heavy atom. The van der Waals surface area contributed by atoms with E-state index < -0.39 is 0 Å². The number of hydrogen-bond donors (Lipinski definition) is 2. The zero-order valence-electron chi connectivity index (χ0n) is 11.6. The molecule has 4 N–H and O–H groups in total.